The van der Waals surface area contributed by atoms with Crippen molar-refractivity contribution in [3.8, 4) is 0 Å². The topological polar surface area (TPSA) is 80.4 Å². The third-order valence-electron chi connectivity index (χ3n) is 4.77. The van der Waals surface area contributed by atoms with Crippen molar-refractivity contribution in [2.24, 2.45) is 0 Å². The second-order valence-electron chi connectivity index (χ2n) is 6.77. The Bertz CT molecular complexity index is 1040. The molecule has 0 saturated carbocycles. The molecule has 0 aliphatic carbocycles. The average Bonchev–Trinajstić information content (AvgIpc) is 3.14. The number of fused-ring (bicyclic) bond motifs is 1. The van der Waals surface area contributed by atoms with Crippen LogP contribution in [-0.2, 0) is 27.2 Å². The van der Waals surface area contributed by atoms with E-state index in [4.69, 9.17) is 4.74 Å². The number of aromatic nitrogens is 1. The van der Waals surface area contributed by atoms with Crippen molar-refractivity contribution in [1.29, 1.82) is 0 Å². The summed E-state index contributed by atoms with van der Waals surface area (Å²) in [6.45, 7) is 3.57. The summed E-state index contributed by atoms with van der Waals surface area (Å²) in [5, 5.41) is 4.47. The van der Waals surface area contributed by atoms with Crippen LogP contribution in [-0.4, -0.2) is 37.2 Å². The molecule has 2 aromatic carbocycles. The molecule has 1 heterocycles. The molecule has 0 fully saturated rings. The highest BCUT2D eigenvalue weighted by molar-refractivity contribution is 5.98. The Hall–Kier alpha value is -3.38. The molecule has 156 valence electrons. The van der Waals surface area contributed by atoms with Gasteiger partial charge in [0.05, 0.1) is 13.7 Å². The lowest BCUT2D eigenvalue weighted by Gasteiger charge is -2.07. The van der Waals surface area contributed by atoms with Crippen molar-refractivity contribution >= 4 is 28.9 Å². The summed E-state index contributed by atoms with van der Waals surface area (Å²) in [5.41, 5.74) is 4.50. The maximum absolute atomic E-state index is 12.3. The minimum absolute atomic E-state index is 0.320. The quantitative estimate of drug-likeness (QED) is 0.320. The smallest absolute Gasteiger partial charge is 0.355 e. The molecule has 30 heavy (non-hydrogen) atoms. The van der Waals surface area contributed by atoms with Crippen LogP contribution in [0.2, 0.25) is 0 Å². The van der Waals surface area contributed by atoms with Gasteiger partial charge in [-0.2, -0.15) is 0 Å². The summed E-state index contributed by atoms with van der Waals surface area (Å²) in [6, 6.07) is 15.8. The molecule has 3 rings (SSSR count). The Kier molecular flexibility index (Phi) is 7.40. The van der Waals surface area contributed by atoms with E-state index in [1.54, 1.807) is 13.0 Å². The Labute approximate surface area is 175 Å². The number of para-hydroxylation sites is 1. The second-order valence-corrected chi connectivity index (χ2v) is 6.77. The molecule has 0 bridgehead atoms. The van der Waals surface area contributed by atoms with Crippen LogP contribution in [0.15, 0.2) is 54.6 Å². The lowest BCUT2D eigenvalue weighted by Crippen LogP contribution is -2.18. The van der Waals surface area contributed by atoms with Crippen LogP contribution >= 0.6 is 0 Å². The molecule has 0 aliphatic rings. The third kappa shape index (κ3) is 5.36. The first-order valence-corrected chi connectivity index (χ1v) is 9.94. The van der Waals surface area contributed by atoms with Gasteiger partial charge >= 0.3 is 11.9 Å². The average molecular weight is 406 g/mol. The lowest BCUT2D eigenvalue weighted by atomic mass is 10.1. The van der Waals surface area contributed by atoms with E-state index in [-0.39, 0.29) is 11.9 Å². The highest BCUT2D eigenvalue weighted by Crippen LogP contribution is 2.23. The van der Waals surface area contributed by atoms with Gasteiger partial charge < -0.3 is 19.8 Å². The zero-order valence-corrected chi connectivity index (χ0v) is 17.2. The molecule has 3 aromatic rings. The number of rotatable bonds is 9. The molecule has 0 saturated heterocycles. The van der Waals surface area contributed by atoms with E-state index in [9.17, 15) is 9.59 Å². The summed E-state index contributed by atoms with van der Waals surface area (Å²) in [6.07, 6.45) is 3.82. The molecule has 1 aromatic heterocycles. The number of carbonyl (C=O) groups excluding carboxylic acids is 2. The monoisotopic (exact) mass is 406 g/mol. The number of hydrogen-bond donors (Lipinski definition) is 2. The predicted molar refractivity (Wildman–Crippen MR) is 117 cm³/mol. The van der Waals surface area contributed by atoms with E-state index in [0.717, 1.165) is 34.1 Å². The molecular weight excluding hydrogens is 380 g/mol. The number of carbonyl (C=O) groups is 2. The van der Waals surface area contributed by atoms with E-state index in [1.807, 2.05) is 48.5 Å². The van der Waals surface area contributed by atoms with E-state index >= 15 is 0 Å². The largest absolute Gasteiger partial charge is 0.466 e. The predicted octanol–water partition coefficient (Wildman–Crippen LogP) is 3.86. The number of nitrogens with one attached hydrogen (secondary N) is 2. The van der Waals surface area contributed by atoms with Gasteiger partial charge in [0, 0.05) is 23.5 Å². The lowest BCUT2D eigenvalue weighted by molar-refractivity contribution is -0.134. The maximum Gasteiger partial charge on any atom is 0.355 e. The second kappa shape index (κ2) is 10.4. The highest BCUT2D eigenvalue weighted by atomic mass is 16.5. The van der Waals surface area contributed by atoms with E-state index in [2.05, 4.69) is 15.0 Å². The van der Waals surface area contributed by atoms with Gasteiger partial charge in [-0.05, 0) is 48.7 Å². The highest BCUT2D eigenvalue weighted by Gasteiger charge is 2.18. The van der Waals surface area contributed by atoms with Crippen molar-refractivity contribution in [2.45, 2.75) is 19.9 Å². The number of H-pyrrole nitrogens is 1. The number of hydrogen-bond acceptors (Lipinski definition) is 5. The Morgan fingerprint density at radius 2 is 1.87 bits per heavy atom. The number of benzene rings is 2. The van der Waals surface area contributed by atoms with Gasteiger partial charge in [0.15, 0.2) is 0 Å². The van der Waals surface area contributed by atoms with Crippen molar-refractivity contribution in [1.82, 2.24) is 10.3 Å². The van der Waals surface area contributed by atoms with Crippen LogP contribution in [0.25, 0.3) is 17.0 Å². The molecule has 0 spiro atoms. The summed E-state index contributed by atoms with van der Waals surface area (Å²) in [7, 11) is 1.35. The van der Waals surface area contributed by atoms with Gasteiger partial charge in [0.1, 0.15) is 5.69 Å². The van der Waals surface area contributed by atoms with Gasteiger partial charge in [-0.3, -0.25) is 0 Å². The normalized spacial score (nSPS) is 11.1. The van der Waals surface area contributed by atoms with Gasteiger partial charge in [0.25, 0.3) is 0 Å². The van der Waals surface area contributed by atoms with Crippen molar-refractivity contribution < 1.29 is 19.1 Å². The zero-order valence-electron chi connectivity index (χ0n) is 17.2. The Morgan fingerprint density at radius 3 is 2.60 bits per heavy atom. The van der Waals surface area contributed by atoms with Gasteiger partial charge in [-0.15, -0.1) is 0 Å². The van der Waals surface area contributed by atoms with Crippen LogP contribution in [0.4, 0.5) is 0 Å². The summed E-state index contributed by atoms with van der Waals surface area (Å²) < 4.78 is 9.79. The van der Waals surface area contributed by atoms with Crippen LogP contribution in [0.5, 0.6) is 0 Å². The van der Waals surface area contributed by atoms with Crippen molar-refractivity contribution in [3.05, 3.63) is 77.0 Å². The number of ether oxygens (including phenoxy) is 2. The molecule has 0 unspecified atom stereocenters. The molecule has 6 heteroatoms. The van der Waals surface area contributed by atoms with Gasteiger partial charge in [0.2, 0.25) is 0 Å². The minimum atomic E-state index is -0.375. The maximum atomic E-state index is 12.3. The molecule has 0 amide bonds. The summed E-state index contributed by atoms with van der Waals surface area (Å²) >= 11 is 0. The van der Waals surface area contributed by atoms with Crippen LogP contribution in [0.1, 0.15) is 34.1 Å². The molecular formula is C24H26N2O4. The molecule has 6 nitrogen and oxygen atoms in total. The first-order valence-electron chi connectivity index (χ1n) is 9.94. The van der Waals surface area contributed by atoms with E-state index < -0.39 is 0 Å². The number of aromatic amines is 1. The molecule has 0 atom stereocenters. The molecule has 0 radical (unpaired) electrons. The summed E-state index contributed by atoms with van der Waals surface area (Å²) in [5.74, 6) is -0.695. The van der Waals surface area contributed by atoms with Gasteiger partial charge in [-0.1, -0.05) is 42.5 Å². The van der Waals surface area contributed by atoms with Crippen molar-refractivity contribution in [2.75, 3.05) is 20.3 Å². The summed E-state index contributed by atoms with van der Waals surface area (Å²) in [4.78, 5) is 26.7. The SMILES string of the molecule is CCOC(=O)c1[nH]c2ccccc2c1CCNCc1ccc(/C=C/C(=O)OC)cc1. The fourth-order valence-electron chi connectivity index (χ4n) is 3.26. The first kappa shape index (κ1) is 21.3. The molecule has 0 aliphatic heterocycles. The van der Waals surface area contributed by atoms with Crippen LogP contribution in [0, 0.1) is 0 Å². The fraction of sp³-hybridized carbons (Fsp3) is 0.250. The Morgan fingerprint density at radius 1 is 1.10 bits per heavy atom. The Balaban J connectivity index is 1.59. The standard InChI is InChI=1S/C24H26N2O4/c1-3-30-24(28)23-20(19-6-4-5-7-21(19)26-23)14-15-25-16-18-10-8-17(9-11-18)12-13-22(27)29-2/h4-13,25-26H,3,14-16H2,1-2H3/b13-12+. The minimum Gasteiger partial charge on any atom is -0.466 e. The van der Waals surface area contributed by atoms with Crippen molar-refractivity contribution in [3.63, 3.8) is 0 Å². The molecule has 2 N–H and O–H groups in total. The van der Waals surface area contributed by atoms with Crippen LogP contribution < -0.4 is 5.32 Å². The zero-order chi connectivity index (χ0) is 21.3. The first-order chi connectivity index (χ1) is 14.6. The van der Waals surface area contributed by atoms with E-state index in [1.165, 1.54) is 13.2 Å². The van der Waals surface area contributed by atoms with Gasteiger partial charge in [-0.25, -0.2) is 9.59 Å². The third-order valence-corrected chi connectivity index (χ3v) is 4.77. The van der Waals surface area contributed by atoms with E-state index in [0.29, 0.717) is 25.3 Å². The number of methoxy groups -OCH3 is 1. The van der Waals surface area contributed by atoms with Crippen LogP contribution in [0.3, 0.4) is 0 Å². The fourth-order valence-corrected chi connectivity index (χ4v) is 3.26. The number of esters is 2.